The summed E-state index contributed by atoms with van der Waals surface area (Å²) >= 11 is 0. The third kappa shape index (κ3) is 3.40. The zero-order valence-corrected chi connectivity index (χ0v) is 15.4. The summed E-state index contributed by atoms with van der Waals surface area (Å²) in [6.45, 7) is 1.35. The highest BCUT2D eigenvalue weighted by Crippen LogP contribution is 2.30. The molecular weight excluding hydrogens is 367 g/mol. The number of fused-ring (bicyclic) bond motifs is 1. The Morgan fingerprint density at radius 1 is 1.11 bits per heavy atom. The van der Waals surface area contributed by atoms with E-state index in [4.69, 9.17) is 0 Å². The summed E-state index contributed by atoms with van der Waals surface area (Å²) in [6, 6.07) is 12.1. The first kappa shape index (κ1) is 17.9. The molecule has 27 heavy (non-hydrogen) atoms. The van der Waals surface area contributed by atoms with Gasteiger partial charge < -0.3 is 10.0 Å². The molecule has 2 heterocycles. The lowest BCUT2D eigenvalue weighted by Gasteiger charge is -2.32. The Morgan fingerprint density at radius 2 is 1.93 bits per heavy atom. The number of aromatic nitrogens is 1. The van der Waals surface area contributed by atoms with Gasteiger partial charge in [0.1, 0.15) is 5.82 Å². The minimum Gasteiger partial charge on any atom is -0.391 e. The molecule has 3 aromatic rings. The number of piperidine rings is 1. The molecule has 4 rings (SSSR count). The van der Waals surface area contributed by atoms with Gasteiger partial charge in [-0.15, -0.1) is 0 Å². The van der Waals surface area contributed by atoms with Crippen molar-refractivity contribution >= 4 is 26.4 Å². The maximum absolute atomic E-state index is 13.5. The average Bonchev–Trinajstić information content (AvgIpc) is 2.67. The van der Waals surface area contributed by atoms with Crippen molar-refractivity contribution in [2.75, 3.05) is 18.0 Å². The molecule has 1 atom stereocenters. The summed E-state index contributed by atoms with van der Waals surface area (Å²) in [6.07, 6.45) is 2.61. The lowest BCUT2D eigenvalue weighted by Crippen LogP contribution is -2.38. The fourth-order valence-corrected chi connectivity index (χ4v) is 4.74. The average molecular weight is 386 g/mol. The van der Waals surface area contributed by atoms with Crippen LogP contribution in [0.25, 0.3) is 10.9 Å². The van der Waals surface area contributed by atoms with Crippen LogP contribution in [0.15, 0.2) is 64.5 Å². The van der Waals surface area contributed by atoms with Crippen LogP contribution in [-0.4, -0.2) is 37.7 Å². The first-order valence-corrected chi connectivity index (χ1v) is 10.3. The Balaban J connectivity index is 1.77. The van der Waals surface area contributed by atoms with Gasteiger partial charge in [-0.25, -0.2) is 12.8 Å². The Morgan fingerprint density at radius 3 is 2.70 bits per heavy atom. The highest BCUT2D eigenvalue weighted by atomic mass is 32.2. The van der Waals surface area contributed by atoms with Gasteiger partial charge in [-0.2, -0.15) is 0 Å². The van der Waals surface area contributed by atoms with Crippen LogP contribution in [0, 0.1) is 5.82 Å². The summed E-state index contributed by atoms with van der Waals surface area (Å²) in [5.41, 5.74) is 1.56. The van der Waals surface area contributed by atoms with Crippen LogP contribution in [0.2, 0.25) is 0 Å². The minimum atomic E-state index is -3.86. The molecule has 7 heteroatoms. The van der Waals surface area contributed by atoms with Crippen molar-refractivity contribution in [2.45, 2.75) is 28.7 Å². The number of sulfone groups is 1. The van der Waals surface area contributed by atoms with E-state index in [9.17, 15) is 17.9 Å². The van der Waals surface area contributed by atoms with Crippen molar-refractivity contribution in [1.29, 1.82) is 0 Å². The lowest BCUT2D eigenvalue weighted by atomic mass is 10.1. The smallest absolute Gasteiger partial charge is 0.208 e. The van der Waals surface area contributed by atoms with E-state index in [2.05, 4.69) is 9.88 Å². The predicted octanol–water partition coefficient (Wildman–Crippen LogP) is 3.17. The zero-order valence-electron chi connectivity index (χ0n) is 14.5. The number of nitrogens with zero attached hydrogens (tertiary/aromatic N) is 2. The molecule has 0 bridgehead atoms. The minimum absolute atomic E-state index is 0.0245. The van der Waals surface area contributed by atoms with Gasteiger partial charge in [0, 0.05) is 24.7 Å². The van der Waals surface area contributed by atoms with Gasteiger partial charge in [-0.3, -0.25) is 4.98 Å². The van der Waals surface area contributed by atoms with E-state index in [1.54, 1.807) is 12.1 Å². The van der Waals surface area contributed by atoms with Gasteiger partial charge in [0.05, 0.1) is 27.1 Å². The number of β-amino-alcohol motifs (C(OH)–C–C–N with tert-alkyl or cyclic N) is 1. The van der Waals surface area contributed by atoms with Gasteiger partial charge in [0.2, 0.25) is 9.84 Å². The Hall–Kier alpha value is -2.51. The Kier molecular flexibility index (Phi) is 4.57. The summed E-state index contributed by atoms with van der Waals surface area (Å²) in [4.78, 5) is 6.40. The fraction of sp³-hybridized carbons (Fsp3) is 0.250. The quantitative estimate of drug-likeness (QED) is 0.749. The standard InChI is InChI=1S/C20H19FN2O3S/c21-15-5-2-7-17(11-15)27(25,26)18-10-14-4-1-8-19(20(14)22-12-18)23-9-3-6-16(24)13-23/h1-2,4-5,7-8,10-12,16,24H,3,6,9,13H2/t16-/m0/s1. The Labute approximate surface area is 157 Å². The van der Waals surface area contributed by atoms with E-state index >= 15 is 0 Å². The fourth-order valence-electron chi connectivity index (χ4n) is 3.47. The van der Waals surface area contributed by atoms with Crippen LogP contribution >= 0.6 is 0 Å². The molecule has 1 aromatic heterocycles. The van der Waals surface area contributed by atoms with Gasteiger partial charge in [-0.05, 0) is 43.2 Å². The molecule has 0 aliphatic carbocycles. The Bertz CT molecular complexity index is 1100. The maximum atomic E-state index is 13.5. The predicted molar refractivity (Wildman–Crippen MR) is 101 cm³/mol. The van der Waals surface area contributed by atoms with Crippen LogP contribution in [0.5, 0.6) is 0 Å². The molecule has 1 N–H and O–H groups in total. The number of rotatable bonds is 3. The highest BCUT2D eigenvalue weighted by Gasteiger charge is 2.22. The van der Waals surface area contributed by atoms with E-state index in [1.807, 2.05) is 12.1 Å². The van der Waals surface area contributed by atoms with Crippen LogP contribution in [-0.2, 0) is 9.84 Å². The molecule has 0 saturated carbocycles. The number of pyridine rings is 1. The first-order chi connectivity index (χ1) is 12.9. The number of hydrogen-bond donors (Lipinski definition) is 1. The zero-order chi connectivity index (χ0) is 19.0. The molecule has 0 radical (unpaired) electrons. The van der Waals surface area contributed by atoms with Crippen molar-refractivity contribution in [1.82, 2.24) is 4.98 Å². The molecule has 1 aliphatic heterocycles. The van der Waals surface area contributed by atoms with Gasteiger partial charge in [-0.1, -0.05) is 18.2 Å². The number of halogens is 1. The van der Waals surface area contributed by atoms with Crippen molar-refractivity contribution in [2.24, 2.45) is 0 Å². The van der Waals surface area contributed by atoms with Crippen molar-refractivity contribution < 1.29 is 17.9 Å². The third-order valence-electron chi connectivity index (χ3n) is 4.82. The molecule has 1 saturated heterocycles. The number of aliphatic hydroxyl groups excluding tert-OH is 1. The van der Waals surface area contributed by atoms with Gasteiger partial charge in [0.15, 0.2) is 0 Å². The molecule has 1 fully saturated rings. The van der Waals surface area contributed by atoms with E-state index in [0.29, 0.717) is 17.4 Å². The topological polar surface area (TPSA) is 70.5 Å². The lowest BCUT2D eigenvalue weighted by molar-refractivity contribution is 0.154. The molecule has 1 aliphatic rings. The van der Waals surface area contributed by atoms with Crippen LogP contribution in [0.3, 0.4) is 0 Å². The van der Waals surface area contributed by atoms with Crippen LogP contribution in [0.4, 0.5) is 10.1 Å². The SMILES string of the molecule is O=S(=O)(c1cccc(F)c1)c1cnc2c(N3CCC[C@H](O)C3)cccc2c1. The second-order valence-electron chi connectivity index (χ2n) is 6.72. The summed E-state index contributed by atoms with van der Waals surface area (Å²) < 4.78 is 39.1. The van der Waals surface area contributed by atoms with E-state index in [0.717, 1.165) is 31.1 Å². The van der Waals surface area contributed by atoms with E-state index < -0.39 is 15.7 Å². The van der Waals surface area contributed by atoms with Crippen molar-refractivity contribution in [3.63, 3.8) is 0 Å². The van der Waals surface area contributed by atoms with Crippen LogP contribution in [0.1, 0.15) is 12.8 Å². The normalized spacial score (nSPS) is 18.0. The maximum Gasteiger partial charge on any atom is 0.208 e. The number of benzene rings is 2. The van der Waals surface area contributed by atoms with Gasteiger partial charge >= 0.3 is 0 Å². The van der Waals surface area contributed by atoms with Gasteiger partial charge in [0.25, 0.3) is 0 Å². The largest absolute Gasteiger partial charge is 0.391 e. The second-order valence-corrected chi connectivity index (χ2v) is 8.67. The monoisotopic (exact) mass is 386 g/mol. The molecule has 0 spiro atoms. The number of para-hydroxylation sites is 1. The van der Waals surface area contributed by atoms with Crippen molar-refractivity contribution in [3.05, 3.63) is 60.5 Å². The molecule has 0 unspecified atom stereocenters. The molecule has 2 aromatic carbocycles. The number of aliphatic hydroxyl groups is 1. The summed E-state index contributed by atoms with van der Waals surface area (Å²) in [5, 5.41) is 10.6. The molecule has 140 valence electrons. The highest BCUT2D eigenvalue weighted by molar-refractivity contribution is 7.91. The number of hydrogen-bond acceptors (Lipinski definition) is 5. The third-order valence-corrected chi connectivity index (χ3v) is 6.54. The van der Waals surface area contributed by atoms with Crippen LogP contribution < -0.4 is 4.90 Å². The van der Waals surface area contributed by atoms with E-state index in [-0.39, 0.29) is 15.9 Å². The molecular formula is C20H19FN2O3S. The summed E-state index contributed by atoms with van der Waals surface area (Å²) in [7, 11) is -3.86. The summed E-state index contributed by atoms with van der Waals surface area (Å²) in [5.74, 6) is -0.601. The molecule has 0 amide bonds. The second kappa shape index (κ2) is 6.90. The molecule has 5 nitrogen and oxygen atoms in total. The van der Waals surface area contributed by atoms with E-state index in [1.165, 1.54) is 24.4 Å². The van der Waals surface area contributed by atoms with Crippen molar-refractivity contribution in [3.8, 4) is 0 Å². The first-order valence-electron chi connectivity index (χ1n) is 8.77. The number of anilines is 1.